The quantitative estimate of drug-likeness (QED) is 0.774. The Balaban J connectivity index is 2.29. The molecule has 0 saturated carbocycles. The molecule has 1 heterocycles. The Morgan fingerprint density at radius 2 is 2.27 bits per heavy atom. The summed E-state index contributed by atoms with van der Waals surface area (Å²) in [4.78, 5) is 4.36. The van der Waals surface area contributed by atoms with E-state index in [2.05, 4.69) is 37.1 Å². The van der Waals surface area contributed by atoms with Gasteiger partial charge in [-0.3, -0.25) is 4.98 Å². The lowest BCUT2D eigenvalue weighted by Crippen LogP contribution is -2.21. The molecule has 0 aliphatic heterocycles. The Hall–Kier alpha value is -0.890. The minimum absolute atomic E-state index is 0.763. The molecule has 0 aliphatic carbocycles. The van der Waals surface area contributed by atoms with Crippen LogP contribution in [0, 0.1) is 12.8 Å². The Morgan fingerprint density at radius 3 is 2.93 bits per heavy atom. The Labute approximate surface area is 93.1 Å². The van der Waals surface area contributed by atoms with Crippen molar-refractivity contribution in [2.24, 2.45) is 5.92 Å². The predicted octanol–water partition coefficient (Wildman–Crippen LogP) is 2.92. The number of nitrogens with one attached hydrogen (secondary N) is 1. The zero-order chi connectivity index (χ0) is 11.1. The standard InChI is InChI=1S/C13H22N2/c1-4-6-11(2)9-14-10-13-12(3)7-5-8-15-13/h5,7-8,11,14H,4,6,9-10H2,1-3H3. The number of pyridine rings is 1. The lowest BCUT2D eigenvalue weighted by atomic mass is 10.1. The summed E-state index contributed by atoms with van der Waals surface area (Å²) in [5.41, 5.74) is 2.44. The highest BCUT2D eigenvalue weighted by Crippen LogP contribution is 2.05. The largest absolute Gasteiger partial charge is 0.311 e. The Morgan fingerprint density at radius 1 is 1.47 bits per heavy atom. The van der Waals surface area contributed by atoms with Gasteiger partial charge < -0.3 is 5.32 Å². The van der Waals surface area contributed by atoms with Gasteiger partial charge in [-0.1, -0.05) is 26.3 Å². The molecule has 0 spiro atoms. The van der Waals surface area contributed by atoms with E-state index in [9.17, 15) is 0 Å². The summed E-state index contributed by atoms with van der Waals surface area (Å²) in [6.07, 6.45) is 4.43. The van der Waals surface area contributed by atoms with Gasteiger partial charge in [0.1, 0.15) is 0 Å². The third-order valence-corrected chi connectivity index (χ3v) is 2.68. The van der Waals surface area contributed by atoms with Gasteiger partial charge in [0.25, 0.3) is 0 Å². The molecular formula is C13H22N2. The molecule has 0 saturated heterocycles. The third kappa shape index (κ3) is 4.43. The van der Waals surface area contributed by atoms with E-state index in [1.165, 1.54) is 24.1 Å². The first-order valence-electron chi connectivity index (χ1n) is 5.85. The molecule has 2 heteroatoms. The topological polar surface area (TPSA) is 24.9 Å². The predicted molar refractivity (Wildman–Crippen MR) is 64.8 cm³/mol. The van der Waals surface area contributed by atoms with Gasteiger partial charge in [-0.2, -0.15) is 0 Å². The zero-order valence-electron chi connectivity index (χ0n) is 10.1. The van der Waals surface area contributed by atoms with Crippen LogP contribution in [0.25, 0.3) is 0 Å². The minimum Gasteiger partial charge on any atom is -0.311 e. The lowest BCUT2D eigenvalue weighted by Gasteiger charge is -2.11. The average molecular weight is 206 g/mol. The van der Waals surface area contributed by atoms with Crippen LogP contribution in [0.2, 0.25) is 0 Å². The van der Waals surface area contributed by atoms with Crippen LogP contribution < -0.4 is 5.32 Å². The molecule has 0 aromatic carbocycles. The second kappa shape index (κ2) is 6.57. The van der Waals surface area contributed by atoms with Gasteiger partial charge in [0, 0.05) is 12.7 Å². The Kier molecular flexibility index (Phi) is 5.33. The first-order valence-corrected chi connectivity index (χ1v) is 5.85. The summed E-state index contributed by atoms with van der Waals surface area (Å²) in [7, 11) is 0. The maximum atomic E-state index is 4.36. The van der Waals surface area contributed by atoms with E-state index in [0.29, 0.717) is 0 Å². The molecule has 1 atom stereocenters. The molecule has 1 unspecified atom stereocenters. The molecule has 84 valence electrons. The summed E-state index contributed by atoms with van der Waals surface area (Å²) >= 11 is 0. The van der Waals surface area contributed by atoms with E-state index in [0.717, 1.165) is 19.0 Å². The van der Waals surface area contributed by atoms with E-state index in [-0.39, 0.29) is 0 Å². The van der Waals surface area contributed by atoms with Crippen molar-refractivity contribution in [1.29, 1.82) is 0 Å². The molecule has 0 aliphatic rings. The van der Waals surface area contributed by atoms with Crippen molar-refractivity contribution < 1.29 is 0 Å². The van der Waals surface area contributed by atoms with Gasteiger partial charge in [0.05, 0.1) is 5.69 Å². The number of hydrogen-bond acceptors (Lipinski definition) is 2. The molecule has 0 radical (unpaired) electrons. The van der Waals surface area contributed by atoms with Crippen LogP contribution in [0.4, 0.5) is 0 Å². The molecule has 0 amide bonds. The smallest absolute Gasteiger partial charge is 0.0570 e. The average Bonchev–Trinajstić information content (AvgIpc) is 2.21. The van der Waals surface area contributed by atoms with E-state index in [4.69, 9.17) is 0 Å². The summed E-state index contributed by atoms with van der Waals surface area (Å²) in [5.74, 6) is 0.763. The lowest BCUT2D eigenvalue weighted by molar-refractivity contribution is 0.473. The first kappa shape index (κ1) is 12.2. The molecule has 1 N–H and O–H groups in total. The van der Waals surface area contributed by atoms with Crippen molar-refractivity contribution >= 4 is 0 Å². The summed E-state index contributed by atoms with van der Waals surface area (Å²) in [6, 6.07) is 4.10. The Bertz CT molecular complexity index is 284. The summed E-state index contributed by atoms with van der Waals surface area (Å²) in [6.45, 7) is 8.62. The molecule has 0 bridgehead atoms. The van der Waals surface area contributed by atoms with Gasteiger partial charge in [0.15, 0.2) is 0 Å². The number of aromatic nitrogens is 1. The van der Waals surface area contributed by atoms with Crippen LogP contribution >= 0.6 is 0 Å². The first-order chi connectivity index (χ1) is 7.24. The van der Waals surface area contributed by atoms with Crippen LogP contribution in [0.15, 0.2) is 18.3 Å². The van der Waals surface area contributed by atoms with Crippen molar-refractivity contribution in [1.82, 2.24) is 10.3 Å². The third-order valence-electron chi connectivity index (χ3n) is 2.68. The number of nitrogens with zero attached hydrogens (tertiary/aromatic N) is 1. The highest BCUT2D eigenvalue weighted by molar-refractivity contribution is 5.17. The maximum Gasteiger partial charge on any atom is 0.0570 e. The van der Waals surface area contributed by atoms with Gasteiger partial charge >= 0.3 is 0 Å². The van der Waals surface area contributed by atoms with Gasteiger partial charge in [-0.25, -0.2) is 0 Å². The second-order valence-electron chi connectivity index (χ2n) is 4.29. The van der Waals surface area contributed by atoms with E-state index in [1.807, 2.05) is 12.3 Å². The zero-order valence-corrected chi connectivity index (χ0v) is 10.1. The molecule has 15 heavy (non-hydrogen) atoms. The fraction of sp³-hybridized carbons (Fsp3) is 0.615. The molecule has 1 aromatic rings. The number of aryl methyl sites for hydroxylation is 1. The monoisotopic (exact) mass is 206 g/mol. The fourth-order valence-corrected chi connectivity index (χ4v) is 1.74. The van der Waals surface area contributed by atoms with Crippen molar-refractivity contribution in [2.45, 2.75) is 40.2 Å². The molecule has 0 fully saturated rings. The normalized spacial score (nSPS) is 12.7. The van der Waals surface area contributed by atoms with Gasteiger partial charge in [-0.05, 0) is 37.4 Å². The molecule has 1 aromatic heterocycles. The van der Waals surface area contributed by atoms with Crippen LogP contribution in [0.1, 0.15) is 37.9 Å². The van der Waals surface area contributed by atoms with Crippen molar-refractivity contribution in [3.63, 3.8) is 0 Å². The van der Waals surface area contributed by atoms with E-state index < -0.39 is 0 Å². The molecular weight excluding hydrogens is 184 g/mol. The fourth-order valence-electron chi connectivity index (χ4n) is 1.74. The molecule has 1 rings (SSSR count). The van der Waals surface area contributed by atoms with Crippen molar-refractivity contribution in [2.75, 3.05) is 6.54 Å². The van der Waals surface area contributed by atoms with E-state index >= 15 is 0 Å². The second-order valence-corrected chi connectivity index (χ2v) is 4.29. The van der Waals surface area contributed by atoms with E-state index in [1.54, 1.807) is 0 Å². The number of rotatable bonds is 6. The van der Waals surface area contributed by atoms with Crippen LogP contribution in [0.5, 0.6) is 0 Å². The summed E-state index contributed by atoms with van der Waals surface area (Å²) < 4.78 is 0. The molecule has 2 nitrogen and oxygen atoms in total. The van der Waals surface area contributed by atoms with Crippen LogP contribution in [0.3, 0.4) is 0 Å². The van der Waals surface area contributed by atoms with Crippen LogP contribution in [-0.2, 0) is 6.54 Å². The number of hydrogen-bond donors (Lipinski definition) is 1. The summed E-state index contributed by atoms with van der Waals surface area (Å²) in [5, 5.41) is 3.46. The minimum atomic E-state index is 0.763. The highest BCUT2D eigenvalue weighted by atomic mass is 14.9. The van der Waals surface area contributed by atoms with Gasteiger partial charge in [-0.15, -0.1) is 0 Å². The SMILES string of the molecule is CCCC(C)CNCc1ncccc1C. The van der Waals surface area contributed by atoms with Crippen molar-refractivity contribution in [3.05, 3.63) is 29.6 Å². The van der Waals surface area contributed by atoms with Crippen molar-refractivity contribution in [3.8, 4) is 0 Å². The maximum absolute atomic E-state index is 4.36. The highest BCUT2D eigenvalue weighted by Gasteiger charge is 2.01. The van der Waals surface area contributed by atoms with Crippen LogP contribution in [-0.4, -0.2) is 11.5 Å². The van der Waals surface area contributed by atoms with Gasteiger partial charge in [0.2, 0.25) is 0 Å².